The minimum absolute atomic E-state index is 0.0602. The predicted molar refractivity (Wildman–Crippen MR) is 56.8 cm³/mol. The fourth-order valence-electron chi connectivity index (χ4n) is 1.40. The third-order valence-electron chi connectivity index (χ3n) is 2.02. The lowest BCUT2D eigenvalue weighted by Gasteiger charge is -2.21. The first-order chi connectivity index (χ1) is 5.99. The van der Waals surface area contributed by atoms with E-state index in [9.17, 15) is 4.79 Å². The Morgan fingerprint density at radius 1 is 1.23 bits per heavy atom. The largest absolute Gasteiger partial charge is 0.305 e. The smallest absolute Gasteiger partial charge is 0.152 e. The molecule has 0 amide bonds. The fraction of sp³-hybridized carbons (Fsp3) is 0.909. The topological polar surface area (TPSA) is 29.1 Å². The van der Waals surface area contributed by atoms with Crippen LogP contribution in [0.4, 0.5) is 0 Å². The molecular formula is C11H23NO. The van der Waals surface area contributed by atoms with E-state index in [-0.39, 0.29) is 12.0 Å². The van der Waals surface area contributed by atoms with E-state index in [4.69, 9.17) is 0 Å². The van der Waals surface area contributed by atoms with Crippen molar-refractivity contribution in [2.24, 2.45) is 5.92 Å². The standard InChI is InChI=1S/C11H23NO/c1-6-7-10(12-9(4)5)11(13)8(2)3/h8-10,12H,6-7H2,1-5H3/t10-/m0/s1. The van der Waals surface area contributed by atoms with Crippen LogP contribution in [-0.2, 0) is 4.79 Å². The number of rotatable bonds is 6. The molecule has 0 bridgehead atoms. The van der Waals surface area contributed by atoms with Gasteiger partial charge < -0.3 is 5.32 Å². The van der Waals surface area contributed by atoms with E-state index in [0.717, 1.165) is 12.8 Å². The van der Waals surface area contributed by atoms with Crippen molar-refractivity contribution < 1.29 is 4.79 Å². The van der Waals surface area contributed by atoms with Crippen LogP contribution in [0, 0.1) is 5.92 Å². The van der Waals surface area contributed by atoms with Crippen molar-refractivity contribution in [1.29, 1.82) is 0 Å². The third kappa shape index (κ3) is 5.04. The molecule has 2 heteroatoms. The number of nitrogens with one attached hydrogen (secondary N) is 1. The maximum absolute atomic E-state index is 11.7. The molecule has 0 aromatic heterocycles. The maximum atomic E-state index is 11.7. The van der Waals surface area contributed by atoms with Crippen molar-refractivity contribution in [2.75, 3.05) is 0 Å². The summed E-state index contributed by atoms with van der Waals surface area (Å²) in [5, 5.41) is 3.31. The van der Waals surface area contributed by atoms with Gasteiger partial charge in [-0.15, -0.1) is 0 Å². The Morgan fingerprint density at radius 3 is 2.08 bits per heavy atom. The second kappa shape index (κ2) is 6.14. The van der Waals surface area contributed by atoms with Crippen LogP contribution < -0.4 is 5.32 Å². The van der Waals surface area contributed by atoms with Crippen LogP contribution in [0.5, 0.6) is 0 Å². The number of hydrogen-bond acceptors (Lipinski definition) is 2. The quantitative estimate of drug-likeness (QED) is 0.688. The van der Waals surface area contributed by atoms with Crippen LogP contribution in [0.3, 0.4) is 0 Å². The normalized spacial score (nSPS) is 13.8. The van der Waals surface area contributed by atoms with Crippen molar-refractivity contribution >= 4 is 5.78 Å². The second-order valence-corrected chi connectivity index (χ2v) is 4.22. The molecule has 1 atom stereocenters. The van der Waals surface area contributed by atoms with E-state index >= 15 is 0 Å². The van der Waals surface area contributed by atoms with Gasteiger partial charge in [0.05, 0.1) is 6.04 Å². The average molecular weight is 185 g/mol. The van der Waals surface area contributed by atoms with E-state index in [1.165, 1.54) is 0 Å². The Hall–Kier alpha value is -0.370. The van der Waals surface area contributed by atoms with Gasteiger partial charge in [-0.2, -0.15) is 0 Å². The summed E-state index contributed by atoms with van der Waals surface area (Å²) < 4.78 is 0. The molecule has 0 aromatic rings. The number of hydrogen-bond donors (Lipinski definition) is 1. The van der Waals surface area contributed by atoms with Gasteiger partial charge in [-0.05, 0) is 6.42 Å². The van der Waals surface area contributed by atoms with Gasteiger partial charge >= 0.3 is 0 Å². The van der Waals surface area contributed by atoms with E-state index in [1.54, 1.807) is 0 Å². The summed E-state index contributed by atoms with van der Waals surface area (Å²) in [5.74, 6) is 0.485. The highest BCUT2D eigenvalue weighted by molar-refractivity contribution is 5.85. The summed E-state index contributed by atoms with van der Waals surface area (Å²) in [7, 11) is 0. The Bertz CT molecular complexity index is 152. The molecule has 0 unspecified atom stereocenters. The van der Waals surface area contributed by atoms with Gasteiger partial charge in [0.25, 0.3) is 0 Å². The predicted octanol–water partition coefficient (Wildman–Crippen LogP) is 2.38. The molecular weight excluding hydrogens is 162 g/mol. The van der Waals surface area contributed by atoms with Gasteiger partial charge in [-0.3, -0.25) is 4.79 Å². The summed E-state index contributed by atoms with van der Waals surface area (Å²) in [6, 6.07) is 0.448. The summed E-state index contributed by atoms with van der Waals surface area (Å²) in [6.07, 6.45) is 2.01. The average Bonchev–Trinajstić information content (AvgIpc) is 2.01. The molecule has 0 aliphatic rings. The first-order valence-electron chi connectivity index (χ1n) is 5.28. The van der Waals surface area contributed by atoms with Crippen LogP contribution in [0.25, 0.3) is 0 Å². The molecule has 0 aliphatic heterocycles. The third-order valence-corrected chi connectivity index (χ3v) is 2.02. The molecule has 78 valence electrons. The van der Waals surface area contributed by atoms with E-state index < -0.39 is 0 Å². The number of Topliss-reactive ketones (excluding diaryl/α,β-unsaturated/α-hetero) is 1. The Morgan fingerprint density at radius 2 is 1.77 bits per heavy atom. The molecule has 0 saturated carbocycles. The van der Waals surface area contributed by atoms with E-state index in [2.05, 4.69) is 26.1 Å². The van der Waals surface area contributed by atoms with Crippen LogP contribution >= 0.6 is 0 Å². The van der Waals surface area contributed by atoms with Gasteiger partial charge in [-0.1, -0.05) is 41.0 Å². The Labute approximate surface area is 82.1 Å². The Balaban J connectivity index is 4.15. The highest BCUT2D eigenvalue weighted by Crippen LogP contribution is 2.06. The molecule has 0 rings (SSSR count). The van der Waals surface area contributed by atoms with Crippen LogP contribution in [0.2, 0.25) is 0 Å². The molecule has 0 saturated heterocycles. The van der Waals surface area contributed by atoms with Gasteiger partial charge in [-0.25, -0.2) is 0 Å². The first kappa shape index (κ1) is 12.6. The number of carbonyl (C=O) groups excluding carboxylic acids is 1. The van der Waals surface area contributed by atoms with Gasteiger partial charge in [0.2, 0.25) is 0 Å². The van der Waals surface area contributed by atoms with Crippen molar-refractivity contribution in [3.63, 3.8) is 0 Å². The zero-order chi connectivity index (χ0) is 10.4. The van der Waals surface area contributed by atoms with Crippen molar-refractivity contribution in [1.82, 2.24) is 5.32 Å². The van der Waals surface area contributed by atoms with Gasteiger partial charge in [0.15, 0.2) is 5.78 Å². The molecule has 13 heavy (non-hydrogen) atoms. The molecule has 0 radical (unpaired) electrons. The highest BCUT2D eigenvalue weighted by Gasteiger charge is 2.20. The molecule has 0 aliphatic carbocycles. The minimum atomic E-state index is 0.0602. The van der Waals surface area contributed by atoms with Crippen molar-refractivity contribution in [3.8, 4) is 0 Å². The fourth-order valence-corrected chi connectivity index (χ4v) is 1.40. The molecule has 1 N–H and O–H groups in total. The lowest BCUT2D eigenvalue weighted by molar-refractivity contribution is -0.124. The molecule has 2 nitrogen and oxygen atoms in total. The zero-order valence-corrected chi connectivity index (χ0v) is 9.55. The second-order valence-electron chi connectivity index (χ2n) is 4.22. The lowest BCUT2D eigenvalue weighted by Crippen LogP contribution is -2.42. The van der Waals surface area contributed by atoms with Crippen LogP contribution in [0.15, 0.2) is 0 Å². The van der Waals surface area contributed by atoms with Crippen molar-refractivity contribution in [2.45, 2.75) is 59.5 Å². The molecule has 0 heterocycles. The lowest BCUT2D eigenvalue weighted by atomic mass is 9.98. The summed E-state index contributed by atoms with van der Waals surface area (Å²) in [4.78, 5) is 11.7. The number of carbonyl (C=O) groups is 1. The highest BCUT2D eigenvalue weighted by atomic mass is 16.1. The maximum Gasteiger partial charge on any atom is 0.152 e. The van der Waals surface area contributed by atoms with Crippen molar-refractivity contribution in [3.05, 3.63) is 0 Å². The molecule has 0 fully saturated rings. The van der Waals surface area contributed by atoms with Crippen LogP contribution in [0.1, 0.15) is 47.5 Å². The van der Waals surface area contributed by atoms with Crippen LogP contribution in [-0.4, -0.2) is 17.9 Å². The SMILES string of the molecule is CCC[C@H](NC(C)C)C(=O)C(C)C. The summed E-state index contributed by atoms with van der Waals surface area (Å²) in [6.45, 7) is 10.2. The zero-order valence-electron chi connectivity index (χ0n) is 9.55. The summed E-state index contributed by atoms with van der Waals surface area (Å²) in [5.41, 5.74) is 0. The van der Waals surface area contributed by atoms with E-state index in [0.29, 0.717) is 11.8 Å². The monoisotopic (exact) mass is 185 g/mol. The number of ketones is 1. The molecule has 0 aromatic carbocycles. The van der Waals surface area contributed by atoms with E-state index in [1.807, 2.05) is 13.8 Å². The first-order valence-corrected chi connectivity index (χ1v) is 5.28. The van der Waals surface area contributed by atoms with Gasteiger partial charge in [0.1, 0.15) is 0 Å². The minimum Gasteiger partial charge on any atom is -0.305 e. The summed E-state index contributed by atoms with van der Waals surface area (Å²) >= 11 is 0. The Kier molecular flexibility index (Phi) is 5.97. The molecule has 0 spiro atoms. The van der Waals surface area contributed by atoms with Gasteiger partial charge in [0, 0.05) is 12.0 Å².